The summed E-state index contributed by atoms with van der Waals surface area (Å²) in [5.74, 6) is 1.32. The smallest absolute Gasteiger partial charge is 0.226 e. The lowest BCUT2D eigenvalue weighted by Gasteiger charge is -2.37. The Kier molecular flexibility index (Phi) is 7.50. The van der Waals surface area contributed by atoms with Crippen molar-refractivity contribution in [3.63, 3.8) is 0 Å². The average Bonchev–Trinajstić information content (AvgIpc) is 2.44. The summed E-state index contributed by atoms with van der Waals surface area (Å²) >= 11 is 3.39. The molecule has 1 atom stereocenters. The molecule has 0 aromatic heterocycles. The van der Waals surface area contributed by atoms with E-state index < -0.39 is 5.66 Å². The number of hydrogen-bond donors (Lipinski definition) is 2. The van der Waals surface area contributed by atoms with Gasteiger partial charge in [0.1, 0.15) is 5.75 Å². The number of aliphatic imine (C=N–C) groups is 2. The zero-order chi connectivity index (χ0) is 17.0. The summed E-state index contributed by atoms with van der Waals surface area (Å²) in [6.07, 6.45) is 0. The Bertz CT molecular complexity index is 604. The number of hydrogen-bond acceptors (Lipinski definition) is 7. The zero-order valence-corrected chi connectivity index (χ0v) is 17.2. The first-order valence-corrected chi connectivity index (χ1v) is 8.08. The van der Waals surface area contributed by atoms with Crippen LogP contribution in [0, 0.1) is 5.92 Å². The number of halogens is 2. The highest BCUT2D eigenvalue weighted by atomic mass is 79.9. The molecule has 7 nitrogen and oxygen atoms in total. The molecule has 2 rings (SSSR count). The van der Waals surface area contributed by atoms with E-state index in [9.17, 15) is 0 Å². The number of ether oxygens (including phenoxy) is 1. The molecule has 0 aliphatic carbocycles. The van der Waals surface area contributed by atoms with Gasteiger partial charge in [-0.05, 0) is 38.1 Å². The molecule has 0 bridgehead atoms. The van der Waals surface area contributed by atoms with Crippen LogP contribution < -0.4 is 16.2 Å². The number of rotatable bonds is 6. The van der Waals surface area contributed by atoms with Crippen LogP contribution in [0.2, 0.25) is 0 Å². The number of nitrogens with two attached hydrogens (primary N) is 2. The van der Waals surface area contributed by atoms with Crippen molar-refractivity contribution in [2.24, 2.45) is 27.4 Å². The van der Waals surface area contributed by atoms with Crippen LogP contribution in [0.25, 0.3) is 0 Å². The summed E-state index contributed by atoms with van der Waals surface area (Å²) in [7, 11) is 0. The average molecular weight is 465 g/mol. The minimum Gasteiger partial charge on any atom is -0.493 e. The third kappa shape index (κ3) is 5.64. The predicted octanol–water partition coefficient (Wildman–Crippen LogP) is 2.65. The highest BCUT2D eigenvalue weighted by Crippen LogP contribution is 2.21. The monoisotopic (exact) mass is 463 g/mol. The van der Waals surface area contributed by atoms with E-state index in [1.807, 2.05) is 45.0 Å². The molecule has 0 saturated carbocycles. The van der Waals surface area contributed by atoms with E-state index in [1.165, 1.54) is 5.06 Å². The molecular weight excluding hydrogens is 442 g/mol. The lowest BCUT2D eigenvalue weighted by Crippen LogP contribution is -2.54. The largest absolute Gasteiger partial charge is 0.493 e. The highest BCUT2D eigenvalue weighted by molar-refractivity contribution is 9.10. The minimum atomic E-state index is -0.692. The maximum absolute atomic E-state index is 5.86. The first-order chi connectivity index (χ1) is 10.8. The van der Waals surface area contributed by atoms with Crippen LogP contribution >= 0.6 is 32.9 Å². The molecule has 0 radical (unpaired) electrons. The predicted molar refractivity (Wildman–Crippen MR) is 104 cm³/mol. The fourth-order valence-electron chi connectivity index (χ4n) is 2.04. The third-order valence-electron chi connectivity index (χ3n) is 3.16. The molecule has 1 aliphatic rings. The quantitative estimate of drug-likeness (QED) is 0.674. The lowest BCUT2D eigenvalue weighted by atomic mass is 10.2. The molecule has 0 amide bonds. The third-order valence-corrected chi connectivity index (χ3v) is 3.69. The van der Waals surface area contributed by atoms with Gasteiger partial charge >= 0.3 is 0 Å². The van der Waals surface area contributed by atoms with Crippen molar-refractivity contribution in [1.82, 2.24) is 5.06 Å². The van der Waals surface area contributed by atoms with Crippen LogP contribution in [0.1, 0.15) is 20.8 Å². The summed E-state index contributed by atoms with van der Waals surface area (Å²) in [6, 6.07) is 7.69. The molecule has 0 unspecified atom stereocenters. The Morgan fingerprint density at radius 3 is 2.42 bits per heavy atom. The molecule has 24 heavy (non-hydrogen) atoms. The zero-order valence-electron chi connectivity index (χ0n) is 13.9. The maximum Gasteiger partial charge on any atom is 0.226 e. The standard InChI is InChI=1S/C15H22BrN5O2.BrH/c1-10(8-22-12-6-4-11(16)5-7-12)9-23-21-14(18)19-13(17)20-15(21,2)3;/h4-7,10H,8-9H2,1-3H3,(H4,17,18,19,20);1H/t10-;/m1./s1. The summed E-state index contributed by atoms with van der Waals surface area (Å²) in [6.45, 7) is 6.68. The van der Waals surface area contributed by atoms with Crippen molar-refractivity contribution in [2.45, 2.75) is 26.4 Å². The Morgan fingerprint density at radius 1 is 1.21 bits per heavy atom. The Hall–Kier alpha value is -1.32. The summed E-state index contributed by atoms with van der Waals surface area (Å²) in [5, 5.41) is 1.47. The van der Waals surface area contributed by atoms with E-state index in [-0.39, 0.29) is 34.8 Å². The highest BCUT2D eigenvalue weighted by Gasteiger charge is 2.33. The summed E-state index contributed by atoms with van der Waals surface area (Å²) < 4.78 is 6.75. The SMILES string of the molecule is Br.C[C@H](COc1ccc(Br)cc1)CON1C(N)=NC(N)=NC1(C)C. The fourth-order valence-corrected chi connectivity index (χ4v) is 2.30. The summed E-state index contributed by atoms with van der Waals surface area (Å²) in [4.78, 5) is 13.9. The van der Waals surface area contributed by atoms with Gasteiger partial charge in [-0.3, -0.25) is 4.84 Å². The molecule has 1 aromatic rings. The van der Waals surface area contributed by atoms with Crippen LogP contribution in [-0.2, 0) is 4.84 Å². The maximum atomic E-state index is 5.86. The van der Waals surface area contributed by atoms with Gasteiger partial charge in [-0.2, -0.15) is 10.1 Å². The van der Waals surface area contributed by atoms with E-state index in [2.05, 4.69) is 25.9 Å². The molecule has 0 saturated heterocycles. The first kappa shape index (κ1) is 20.7. The Labute approximate surface area is 161 Å². The van der Waals surface area contributed by atoms with Crippen LogP contribution in [0.3, 0.4) is 0 Å². The lowest BCUT2D eigenvalue weighted by molar-refractivity contribution is -0.167. The molecule has 1 heterocycles. The first-order valence-electron chi connectivity index (χ1n) is 7.29. The minimum absolute atomic E-state index is 0. The number of benzene rings is 1. The molecule has 0 spiro atoms. The molecular formula is C15H23Br2N5O2. The van der Waals surface area contributed by atoms with Gasteiger partial charge in [0.25, 0.3) is 0 Å². The van der Waals surface area contributed by atoms with Crippen LogP contribution in [-0.4, -0.2) is 35.9 Å². The second-order valence-corrected chi connectivity index (χ2v) is 6.81. The van der Waals surface area contributed by atoms with Gasteiger partial charge in [-0.25, -0.2) is 4.99 Å². The molecule has 134 valence electrons. The van der Waals surface area contributed by atoms with Crippen LogP contribution in [0.15, 0.2) is 38.7 Å². The molecule has 4 N–H and O–H groups in total. The molecule has 1 aliphatic heterocycles. The van der Waals surface area contributed by atoms with Crippen molar-refractivity contribution >= 4 is 44.8 Å². The van der Waals surface area contributed by atoms with Gasteiger partial charge in [0.2, 0.25) is 11.9 Å². The second-order valence-electron chi connectivity index (χ2n) is 5.89. The topological polar surface area (TPSA) is 98.5 Å². The van der Waals surface area contributed by atoms with Gasteiger partial charge in [-0.15, -0.1) is 17.0 Å². The summed E-state index contributed by atoms with van der Waals surface area (Å²) in [5.41, 5.74) is 10.8. The van der Waals surface area contributed by atoms with E-state index >= 15 is 0 Å². The Morgan fingerprint density at radius 2 is 1.83 bits per heavy atom. The normalized spacial score (nSPS) is 17.4. The molecule has 9 heteroatoms. The van der Waals surface area contributed by atoms with Gasteiger partial charge in [-0.1, -0.05) is 22.9 Å². The van der Waals surface area contributed by atoms with E-state index in [4.69, 9.17) is 21.0 Å². The van der Waals surface area contributed by atoms with Crippen molar-refractivity contribution in [3.8, 4) is 5.75 Å². The second kappa shape index (κ2) is 8.68. The van der Waals surface area contributed by atoms with Gasteiger partial charge < -0.3 is 16.2 Å². The van der Waals surface area contributed by atoms with Crippen molar-refractivity contribution in [2.75, 3.05) is 13.2 Å². The number of guanidine groups is 2. The molecule has 1 aromatic carbocycles. The van der Waals surface area contributed by atoms with Crippen molar-refractivity contribution in [1.29, 1.82) is 0 Å². The molecule has 0 fully saturated rings. The van der Waals surface area contributed by atoms with Crippen LogP contribution in [0.4, 0.5) is 0 Å². The van der Waals surface area contributed by atoms with Crippen LogP contribution in [0.5, 0.6) is 5.75 Å². The van der Waals surface area contributed by atoms with Gasteiger partial charge in [0, 0.05) is 10.4 Å². The van der Waals surface area contributed by atoms with E-state index in [1.54, 1.807) is 0 Å². The fraction of sp³-hybridized carbons (Fsp3) is 0.467. The van der Waals surface area contributed by atoms with E-state index in [0.29, 0.717) is 13.2 Å². The van der Waals surface area contributed by atoms with Crippen molar-refractivity contribution in [3.05, 3.63) is 28.7 Å². The van der Waals surface area contributed by atoms with Crippen molar-refractivity contribution < 1.29 is 9.57 Å². The van der Waals surface area contributed by atoms with Gasteiger partial charge in [0.15, 0.2) is 5.66 Å². The Balaban J connectivity index is 0.00000288. The van der Waals surface area contributed by atoms with Gasteiger partial charge in [0.05, 0.1) is 13.2 Å². The number of hydroxylamine groups is 2. The van der Waals surface area contributed by atoms with E-state index in [0.717, 1.165) is 10.2 Å². The number of nitrogens with zero attached hydrogens (tertiary/aromatic N) is 3.